The number of aromatic nitrogens is 2. The lowest BCUT2D eigenvalue weighted by Crippen LogP contribution is -2.12. The number of nitrogens with two attached hydrogens (primary N) is 1. The molecule has 6 heteroatoms. The first kappa shape index (κ1) is 14.1. The minimum atomic E-state index is -0.253. The van der Waals surface area contributed by atoms with Gasteiger partial charge in [-0.25, -0.2) is 0 Å². The highest BCUT2D eigenvalue weighted by Crippen LogP contribution is 2.20. The van der Waals surface area contributed by atoms with E-state index in [1.165, 1.54) is 6.20 Å². The lowest BCUT2D eigenvalue weighted by Gasteiger charge is -2.06. The summed E-state index contributed by atoms with van der Waals surface area (Å²) in [5.74, 6) is 5.37. The molecule has 0 spiro atoms. The van der Waals surface area contributed by atoms with Crippen LogP contribution in [-0.2, 0) is 7.05 Å². The molecule has 0 atom stereocenters. The van der Waals surface area contributed by atoms with E-state index in [0.717, 1.165) is 0 Å². The summed E-state index contributed by atoms with van der Waals surface area (Å²) in [7, 11) is 1.75. The van der Waals surface area contributed by atoms with Crippen LogP contribution in [0.4, 0.5) is 5.69 Å². The number of nitrogens with one attached hydrogen (secondary N) is 1. The average molecular weight is 289 g/mol. The van der Waals surface area contributed by atoms with Crippen LogP contribution in [0.25, 0.3) is 0 Å². The molecule has 2 rings (SSSR count). The molecule has 1 amide bonds. The van der Waals surface area contributed by atoms with Gasteiger partial charge >= 0.3 is 0 Å². The SMILES string of the molecule is Cn1cc(C(=O)Nc2ccc(Cl)cc2C#CCN)cn1. The largest absolute Gasteiger partial charge is 0.321 e. The molecule has 102 valence electrons. The zero-order valence-electron chi connectivity index (χ0n) is 10.9. The topological polar surface area (TPSA) is 72.9 Å². The number of carbonyl (C=O) groups excluding carboxylic acids is 1. The van der Waals surface area contributed by atoms with Crippen molar-refractivity contribution in [1.29, 1.82) is 0 Å². The van der Waals surface area contributed by atoms with Crippen molar-refractivity contribution in [2.45, 2.75) is 0 Å². The van der Waals surface area contributed by atoms with E-state index < -0.39 is 0 Å². The van der Waals surface area contributed by atoms with Crippen LogP contribution in [0.3, 0.4) is 0 Å². The van der Waals surface area contributed by atoms with Crippen molar-refractivity contribution in [3.05, 3.63) is 46.7 Å². The molecule has 20 heavy (non-hydrogen) atoms. The van der Waals surface area contributed by atoms with Gasteiger partial charge in [0.1, 0.15) is 0 Å². The van der Waals surface area contributed by atoms with E-state index in [1.54, 1.807) is 36.1 Å². The zero-order chi connectivity index (χ0) is 14.5. The third-order valence-electron chi connectivity index (χ3n) is 2.52. The molecular formula is C14H13ClN4O. The number of nitrogens with zero attached hydrogens (tertiary/aromatic N) is 2. The normalized spacial score (nSPS) is 9.75. The number of halogens is 1. The summed E-state index contributed by atoms with van der Waals surface area (Å²) < 4.78 is 1.56. The average Bonchev–Trinajstić information content (AvgIpc) is 2.85. The van der Waals surface area contributed by atoms with Crippen LogP contribution in [0.2, 0.25) is 5.02 Å². The van der Waals surface area contributed by atoms with Gasteiger partial charge in [-0.3, -0.25) is 9.48 Å². The van der Waals surface area contributed by atoms with Gasteiger partial charge in [-0.2, -0.15) is 5.10 Å². The molecule has 2 aromatic rings. The Bertz CT molecular complexity index is 697. The quantitative estimate of drug-likeness (QED) is 0.825. The van der Waals surface area contributed by atoms with Gasteiger partial charge < -0.3 is 11.1 Å². The molecule has 0 unspecified atom stereocenters. The van der Waals surface area contributed by atoms with Crippen LogP contribution in [0.5, 0.6) is 0 Å². The maximum atomic E-state index is 12.1. The molecule has 1 aromatic heterocycles. The minimum absolute atomic E-state index is 0.239. The van der Waals surface area contributed by atoms with Crippen LogP contribution < -0.4 is 11.1 Å². The molecule has 0 saturated carbocycles. The first-order valence-corrected chi connectivity index (χ1v) is 6.26. The Hall–Kier alpha value is -2.29. The zero-order valence-corrected chi connectivity index (χ0v) is 11.6. The van der Waals surface area contributed by atoms with Gasteiger partial charge in [-0.15, -0.1) is 0 Å². The van der Waals surface area contributed by atoms with Crippen molar-refractivity contribution in [3.8, 4) is 11.8 Å². The number of amides is 1. The number of rotatable bonds is 2. The standard InChI is InChI=1S/C14H13ClN4O/c1-19-9-11(8-17-19)14(20)18-13-5-4-12(15)7-10(13)3-2-6-16/h4-5,7-9H,6,16H2,1H3,(H,18,20). The Morgan fingerprint density at radius 3 is 3.00 bits per heavy atom. The summed E-state index contributed by atoms with van der Waals surface area (Å²) in [4.78, 5) is 12.1. The summed E-state index contributed by atoms with van der Waals surface area (Å²) in [6.45, 7) is 0.239. The van der Waals surface area contributed by atoms with E-state index in [9.17, 15) is 4.79 Å². The van der Waals surface area contributed by atoms with Crippen molar-refractivity contribution >= 4 is 23.2 Å². The highest BCUT2D eigenvalue weighted by Gasteiger charge is 2.10. The molecular weight excluding hydrogens is 276 g/mol. The maximum Gasteiger partial charge on any atom is 0.258 e. The Morgan fingerprint density at radius 1 is 1.55 bits per heavy atom. The van der Waals surface area contributed by atoms with Crippen LogP contribution in [0.15, 0.2) is 30.6 Å². The van der Waals surface area contributed by atoms with E-state index in [1.807, 2.05) is 0 Å². The Balaban J connectivity index is 2.26. The molecule has 0 radical (unpaired) electrons. The summed E-state index contributed by atoms with van der Waals surface area (Å²) in [6, 6.07) is 5.08. The monoisotopic (exact) mass is 288 g/mol. The fourth-order valence-corrected chi connectivity index (χ4v) is 1.78. The van der Waals surface area contributed by atoms with Gasteiger partial charge in [0.25, 0.3) is 5.91 Å². The second kappa shape index (κ2) is 6.24. The molecule has 0 saturated heterocycles. The van der Waals surface area contributed by atoms with E-state index in [2.05, 4.69) is 22.3 Å². The van der Waals surface area contributed by atoms with Gasteiger partial charge in [-0.1, -0.05) is 23.4 Å². The second-order valence-electron chi connectivity index (χ2n) is 4.05. The van der Waals surface area contributed by atoms with Crippen LogP contribution in [0.1, 0.15) is 15.9 Å². The lowest BCUT2D eigenvalue weighted by molar-refractivity contribution is 0.102. The Labute approximate surface area is 121 Å². The molecule has 1 heterocycles. The van der Waals surface area contributed by atoms with Crippen LogP contribution in [0, 0.1) is 11.8 Å². The summed E-state index contributed by atoms with van der Waals surface area (Å²) in [5, 5.41) is 7.28. The molecule has 0 aliphatic heterocycles. The summed E-state index contributed by atoms with van der Waals surface area (Å²) in [5.41, 5.74) is 7.04. The van der Waals surface area contributed by atoms with Gasteiger partial charge in [0.05, 0.1) is 24.0 Å². The summed E-state index contributed by atoms with van der Waals surface area (Å²) in [6.07, 6.45) is 3.13. The smallest absolute Gasteiger partial charge is 0.258 e. The van der Waals surface area contributed by atoms with Crippen molar-refractivity contribution < 1.29 is 4.79 Å². The molecule has 0 aliphatic rings. The molecule has 0 bridgehead atoms. The van der Waals surface area contributed by atoms with Crippen LogP contribution in [-0.4, -0.2) is 22.2 Å². The predicted octanol–water partition coefficient (Wildman–Crippen LogP) is 1.64. The number of anilines is 1. The first-order valence-electron chi connectivity index (χ1n) is 5.88. The third kappa shape index (κ3) is 3.38. The second-order valence-corrected chi connectivity index (χ2v) is 4.49. The maximum absolute atomic E-state index is 12.1. The van der Waals surface area contributed by atoms with Gasteiger partial charge in [0.2, 0.25) is 0 Å². The lowest BCUT2D eigenvalue weighted by atomic mass is 10.1. The third-order valence-corrected chi connectivity index (χ3v) is 2.76. The molecule has 3 N–H and O–H groups in total. The number of hydrogen-bond donors (Lipinski definition) is 2. The van der Waals surface area contributed by atoms with E-state index in [-0.39, 0.29) is 12.5 Å². The van der Waals surface area contributed by atoms with E-state index in [4.69, 9.17) is 17.3 Å². The Kier molecular flexibility index (Phi) is 4.41. The van der Waals surface area contributed by atoms with Gasteiger partial charge in [0, 0.05) is 23.8 Å². The Morgan fingerprint density at radius 2 is 2.35 bits per heavy atom. The molecule has 0 fully saturated rings. The highest BCUT2D eigenvalue weighted by atomic mass is 35.5. The minimum Gasteiger partial charge on any atom is -0.321 e. The molecule has 1 aromatic carbocycles. The first-order chi connectivity index (χ1) is 9.60. The van der Waals surface area contributed by atoms with Gasteiger partial charge in [0.15, 0.2) is 0 Å². The molecule has 5 nitrogen and oxygen atoms in total. The van der Waals surface area contributed by atoms with Crippen molar-refractivity contribution in [2.24, 2.45) is 12.8 Å². The van der Waals surface area contributed by atoms with E-state index >= 15 is 0 Å². The predicted molar refractivity (Wildman–Crippen MR) is 78.5 cm³/mol. The van der Waals surface area contributed by atoms with Crippen molar-refractivity contribution in [1.82, 2.24) is 9.78 Å². The number of aryl methyl sites for hydroxylation is 1. The van der Waals surface area contributed by atoms with Crippen LogP contribution >= 0.6 is 11.6 Å². The van der Waals surface area contributed by atoms with E-state index in [0.29, 0.717) is 21.8 Å². The summed E-state index contributed by atoms with van der Waals surface area (Å²) >= 11 is 5.93. The van der Waals surface area contributed by atoms with Crippen molar-refractivity contribution in [2.75, 3.05) is 11.9 Å². The number of hydrogen-bond acceptors (Lipinski definition) is 3. The molecule has 0 aliphatic carbocycles. The number of carbonyl (C=O) groups is 1. The number of benzene rings is 1. The van der Waals surface area contributed by atoms with Crippen molar-refractivity contribution in [3.63, 3.8) is 0 Å². The fraction of sp³-hybridized carbons (Fsp3) is 0.143. The van der Waals surface area contributed by atoms with Gasteiger partial charge in [-0.05, 0) is 18.2 Å². The fourth-order valence-electron chi connectivity index (χ4n) is 1.61. The highest BCUT2D eigenvalue weighted by molar-refractivity contribution is 6.30.